The number of para-hydroxylation sites is 1. The van der Waals surface area contributed by atoms with Crippen LogP contribution in [-0.2, 0) is 19.5 Å². The van der Waals surface area contributed by atoms with Crippen LogP contribution >= 0.6 is 0 Å². The highest BCUT2D eigenvalue weighted by Crippen LogP contribution is 2.33. The molecule has 6 nitrogen and oxygen atoms in total. The molecule has 1 fully saturated rings. The first-order valence-electron chi connectivity index (χ1n) is 10.6. The second-order valence-electron chi connectivity index (χ2n) is 8.78. The second kappa shape index (κ2) is 7.69. The first-order chi connectivity index (χ1) is 14.5. The van der Waals surface area contributed by atoms with Crippen LogP contribution in [-0.4, -0.2) is 38.7 Å². The molecule has 0 bridgehead atoms. The molecule has 2 aliphatic heterocycles. The van der Waals surface area contributed by atoms with Gasteiger partial charge in [0, 0.05) is 38.3 Å². The van der Waals surface area contributed by atoms with Crippen LogP contribution in [0.3, 0.4) is 0 Å². The van der Waals surface area contributed by atoms with Crippen molar-refractivity contribution in [3.8, 4) is 0 Å². The molecule has 2 atom stereocenters. The van der Waals surface area contributed by atoms with Crippen LogP contribution in [0.25, 0.3) is 0 Å². The van der Waals surface area contributed by atoms with E-state index < -0.39 is 0 Å². The molecular formula is C24H27N5O. The minimum atomic E-state index is -0.191. The summed E-state index contributed by atoms with van der Waals surface area (Å²) in [5.41, 5.74) is 4.80. The molecule has 3 aromatic rings. The van der Waals surface area contributed by atoms with Crippen LogP contribution in [0.2, 0.25) is 0 Å². The van der Waals surface area contributed by atoms with Gasteiger partial charge in [-0.3, -0.25) is 9.69 Å². The first kappa shape index (κ1) is 19.0. The monoisotopic (exact) mass is 401 g/mol. The lowest BCUT2D eigenvalue weighted by Gasteiger charge is -2.25. The van der Waals surface area contributed by atoms with Crippen LogP contribution in [0.4, 0.5) is 5.69 Å². The van der Waals surface area contributed by atoms with Crippen LogP contribution in [0.5, 0.6) is 0 Å². The van der Waals surface area contributed by atoms with Crippen LogP contribution in [0.1, 0.15) is 33.1 Å². The van der Waals surface area contributed by atoms with Crippen molar-refractivity contribution in [2.45, 2.75) is 33.4 Å². The van der Waals surface area contributed by atoms with Crippen LogP contribution < -0.4 is 5.32 Å². The van der Waals surface area contributed by atoms with Crippen molar-refractivity contribution in [3.63, 3.8) is 0 Å². The largest absolute Gasteiger partial charge is 0.319 e. The van der Waals surface area contributed by atoms with E-state index in [1.165, 1.54) is 16.7 Å². The number of hydrogen-bond donors (Lipinski definition) is 1. The Labute approximate surface area is 176 Å². The number of aryl methyl sites for hydroxylation is 2. The van der Waals surface area contributed by atoms with Crippen molar-refractivity contribution in [3.05, 3.63) is 76.9 Å². The van der Waals surface area contributed by atoms with Crippen molar-refractivity contribution in [2.24, 2.45) is 11.8 Å². The van der Waals surface area contributed by atoms with E-state index in [1.54, 1.807) is 0 Å². The molecule has 30 heavy (non-hydrogen) atoms. The third-order valence-corrected chi connectivity index (χ3v) is 6.26. The summed E-state index contributed by atoms with van der Waals surface area (Å²) in [5.74, 6) is 2.27. The van der Waals surface area contributed by atoms with Gasteiger partial charge in [0.05, 0.1) is 0 Å². The van der Waals surface area contributed by atoms with Gasteiger partial charge in [0.25, 0.3) is 5.91 Å². The zero-order chi connectivity index (χ0) is 20.7. The average molecular weight is 402 g/mol. The summed E-state index contributed by atoms with van der Waals surface area (Å²) < 4.78 is 2.03. The van der Waals surface area contributed by atoms with Crippen LogP contribution in [0, 0.1) is 25.7 Å². The maximum atomic E-state index is 12.8. The summed E-state index contributed by atoms with van der Waals surface area (Å²) in [6.45, 7) is 8.25. The van der Waals surface area contributed by atoms with Gasteiger partial charge in [0.15, 0.2) is 0 Å². The molecule has 0 saturated carbocycles. The van der Waals surface area contributed by atoms with Crippen LogP contribution in [0.15, 0.2) is 48.5 Å². The Morgan fingerprint density at radius 1 is 1.00 bits per heavy atom. The molecule has 0 spiro atoms. The highest BCUT2D eigenvalue weighted by atomic mass is 16.2. The van der Waals surface area contributed by atoms with Gasteiger partial charge in [-0.1, -0.05) is 47.5 Å². The molecule has 2 aliphatic rings. The summed E-state index contributed by atoms with van der Waals surface area (Å²) in [6, 6.07) is 16.3. The molecule has 1 amide bonds. The number of nitrogens with zero attached hydrogens (tertiary/aromatic N) is 4. The molecule has 1 N–H and O–H groups in total. The molecule has 5 rings (SSSR count). The van der Waals surface area contributed by atoms with Gasteiger partial charge in [-0.15, -0.1) is 10.2 Å². The SMILES string of the molecule is Cc1cc(C)cc(CN2C[C@@H]3Cc4nnc(C(=O)Nc5ccccc5)n4C[C@@H]3C2)c1. The van der Waals surface area contributed by atoms with E-state index in [1.807, 2.05) is 34.9 Å². The van der Waals surface area contributed by atoms with E-state index in [0.29, 0.717) is 17.7 Å². The van der Waals surface area contributed by atoms with Gasteiger partial charge in [-0.05, 0) is 43.4 Å². The maximum Gasteiger partial charge on any atom is 0.293 e. The Hall–Kier alpha value is -2.99. The third-order valence-electron chi connectivity index (χ3n) is 6.26. The minimum absolute atomic E-state index is 0.191. The van der Waals surface area contributed by atoms with Crippen molar-refractivity contribution >= 4 is 11.6 Å². The third kappa shape index (κ3) is 3.75. The lowest BCUT2D eigenvalue weighted by molar-refractivity contribution is 0.100. The maximum absolute atomic E-state index is 12.8. The number of amides is 1. The lowest BCUT2D eigenvalue weighted by Crippen LogP contribution is -2.31. The van der Waals surface area contributed by atoms with Crippen molar-refractivity contribution in [1.29, 1.82) is 0 Å². The summed E-state index contributed by atoms with van der Waals surface area (Å²) >= 11 is 0. The van der Waals surface area contributed by atoms with Gasteiger partial charge >= 0.3 is 0 Å². The normalized spacial score (nSPS) is 20.6. The van der Waals surface area contributed by atoms with E-state index >= 15 is 0 Å². The van der Waals surface area contributed by atoms with Gasteiger partial charge in [-0.2, -0.15) is 0 Å². The van der Waals surface area contributed by atoms with Gasteiger partial charge in [0.1, 0.15) is 5.82 Å². The number of anilines is 1. The summed E-state index contributed by atoms with van der Waals surface area (Å²) in [6.07, 6.45) is 0.889. The fourth-order valence-electron chi connectivity index (χ4n) is 5.05. The molecule has 0 unspecified atom stereocenters. The summed E-state index contributed by atoms with van der Waals surface area (Å²) in [7, 11) is 0. The van der Waals surface area contributed by atoms with Crippen molar-refractivity contribution in [2.75, 3.05) is 18.4 Å². The number of fused-ring (bicyclic) bond motifs is 2. The standard InChI is InChI=1S/C24H27N5O/c1-16-8-17(2)10-18(9-16)12-28-13-19-11-22-26-27-23(29(22)15-20(19)14-28)24(30)25-21-6-4-3-5-7-21/h3-10,19-20H,11-15H2,1-2H3,(H,25,30)/t19-,20-/m0/s1. The first-order valence-corrected chi connectivity index (χ1v) is 10.6. The van der Waals surface area contributed by atoms with E-state index in [-0.39, 0.29) is 5.91 Å². The lowest BCUT2D eigenvalue weighted by atomic mass is 9.89. The number of rotatable bonds is 4. The average Bonchev–Trinajstić information content (AvgIpc) is 3.28. The van der Waals surface area contributed by atoms with Gasteiger partial charge < -0.3 is 9.88 Å². The minimum Gasteiger partial charge on any atom is -0.319 e. The Kier molecular flexibility index (Phi) is 4.87. The molecule has 154 valence electrons. The second-order valence-corrected chi connectivity index (χ2v) is 8.78. The molecule has 0 radical (unpaired) electrons. The number of nitrogens with one attached hydrogen (secondary N) is 1. The Balaban J connectivity index is 1.28. The quantitative estimate of drug-likeness (QED) is 0.727. The predicted molar refractivity (Wildman–Crippen MR) is 116 cm³/mol. The Morgan fingerprint density at radius 3 is 2.50 bits per heavy atom. The highest BCUT2D eigenvalue weighted by molar-refractivity contribution is 6.01. The summed E-state index contributed by atoms with van der Waals surface area (Å²) in [4.78, 5) is 15.3. The number of likely N-dealkylation sites (tertiary alicyclic amines) is 1. The molecule has 2 aromatic carbocycles. The van der Waals surface area contributed by atoms with Gasteiger partial charge in [0.2, 0.25) is 5.82 Å². The molecule has 0 aliphatic carbocycles. The molecule has 3 heterocycles. The predicted octanol–water partition coefficient (Wildman–Crippen LogP) is 3.45. The number of carbonyl (C=O) groups is 1. The zero-order valence-electron chi connectivity index (χ0n) is 17.5. The number of hydrogen-bond acceptors (Lipinski definition) is 4. The molecule has 6 heteroatoms. The molecular weight excluding hydrogens is 374 g/mol. The Bertz CT molecular complexity index is 1050. The summed E-state index contributed by atoms with van der Waals surface area (Å²) in [5, 5.41) is 11.5. The fraction of sp³-hybridized carbons (Fsp3) is 0.375. The zero-order valence-corrected chi connectivity index (χ0v) is 17.5. The van der Waals surface area contributed by atoms with Crippen molar-refractivity contribution < 1.29 is 4.79 Å². The fourth-order valence-corrected chi connectivity index (χ4v) is 5.05. The smallest absolute Gasteiger partial charge is 0.293 e. The van der Waals surface area contributed by atoms with E-state index in [2.05, 4.69) is 52.5 Å². The molecule has 1 aromatic heterocycles. The van der Waals surface area contributed by atoms with E-state index in [4.69, 9.17) is 0 Å². The number of benzene rings is 2. The van der Waals surface area contributed by atoms with Gasteiger partial charge in [-0.25, -0.2) is 0 Å². The number of aromatic nitrogens is 3. The van der Waals surface area contributed by atoms with E-state index in [0.717, 1.165) is 44.1 Å². The Morgan fingerprint density at radius 2 is 1.73 bits per heavy atom. The van der Waals surface area contributed by atoms with Crippen molar-refractivity contribution in [1.82, 2.24) is 19.7 Å². The molecule has 1 saturated heterocycles. The number of carbonyl (C=O) groups excluding carboxylic acids is 1. The highest BCUT2D eigenvalue weighted by Gasteiger charge is 2.39. The topological polar surface area (TPSA) is 63.1 Å². The van der Waals surface area contributed by atoms with E-state index in [9.17, 15) is 4.79 Å².